The number of hydrogen-bond donors (Lipinski definition) is 1. The van der Waals surface area contributed by atoms with Crippen LogP contribution in [0.5, 0.6) is 0 Å². The summed E-state index contributed by atoms with van der Waals surface area (Å²) in [6.45, 7) is 3.00. The van der Waals surface area contributed by atoms with Gasteiger partial charge in [-0.2, -0.15) is 0 Å². The van der Waals surface area contributed by atoms with E-state index in [0.717, 1.165) is 30.5 Å². The molecule has 2 heterocycles. The van der Waals surface area contributed by atoms with Gasteiger partial charge in [-0.25, -0.2) is 9.37 Å². The Morgan fingerprint density at radius 1 is 1.43 bits per heavy atom. The average molecular weight is 317 g/mol. The van der Waals surface area contributed by atoms with Crippen molar-refractivity contribution >= 4 is 5.82 Å². The molecule has 1 saturated heterocycles. The second kappa shape index (κ2) is 6.50. The minimum atomic E-state index is -0.229. The van der Waals surface area contributed by atoms with E-state index in [1.54, 1.807) is 13.2 Å². The molecular weight excluding hydrogens is 297 g/mol. The molecule has 1 aliphatic rings. The van der Waals surface area contributed by atoms with E-state index < -0.39 is 0 Å². The minimum Gasteiger partial charge on any atom is -0.377 e. The molecule has 0 saturated carbocycles. The van der Waals surface area contributed by atoms with Crippen LogP contribution < -0.4 is 10.5 Å². The molecule has 1 aromatic carbocycles. The van der Waals surface area contributed by atoms with Crippen molar-refractivity contribution in [3.8, 4) is 0 Å². The predicted octanol–water partition coefficient (Wildman–Crippen LogP) is 2.71. The third-order valence-electron chi connectivity index (χ3n) is 4.20. The highest BCUT2D eigenvalue weighted by molar-refractivity contribution is 5.45. The zero-order chi connectivity index (χ0) is 16.4. The molecular formula is C17H20FN3O2. The summed E-state index contributed by atoms with van der Waals surface area (Å²) in [4.78, 5) is 21.2. The fourth-order valence-corrected chi connectivity index (χ4v) is 3.22. The number of H-pyrrole nitrogens is 1. The number of aromatic nitrogens is 2. The largest absolute Gasteiger partial charge is 0.377 e. The van der Waals surface area contributed by atoms with Gasteiger partial charge >= 0.3 is 0 Å². The van der Waals surface area contributed by atoms with Crippen LogP contribution in [-0.2, 0) is 11.3 Å². The first kappa shape index (κ1) is 15.7. The van der Waals surface area contributed by atoms with E-state index in [1.807, 2.05) is 13.0 Å². The van der Waals surface area contributed by atoms with Crippen molar-refractivity contribution < 1.29 is 9.13 Å². The first-order valence-corrected chi connectivity index (χ1v) is 7.70. The van der Waals surface area contributed by atoms with Crippen molar-refractivity contribution in [2.24, 2.45) is 0 Å². The van der Waals surface area contributed by atoms with Gasteiger partial charge in [0.15, 0.2) is 0 Å². The van der Waals surface area contributed by atoms with Gasteiger partial charge in [-0.05, 0) is 43.0 Å². The molecule has 1 N–H and O–H groups in total. The van der Waals surface area contributed by atoms with Gasteiger partial charge in [0.05, 0.1) is 6.04 Å². The Morgan fingerprint density at radius 3 is 3.00 bits per heavy atom. The maximum Gasteiger partial charge on any atom is 0.253 e. The highest BCUT2D eigenvalue weighted by atomic mass is 19.1. The number of anilines is 1. The smallest absolute Gasteiger partial charge is 0.253 e. The molecule has 0 spiro atoms. The second-order valence-electron chi connectivity index (χ2n) is 5.84. The molecule has 0 amide bonds. The van der Waals surface area contributed by atoms with E-state index in [-0.39, 0.29) is 24.0 Å². The van der Waals surface area contributed by atoms with E-state index in [2.05, 4.69) is 14.9 Å². The molecule has 122 valence electrons. The van der Waals surface area contributed by atoms with Crippen molar-refractivity contribution in [3.05, 3.63) is 57.4 Å². The summed E-state index contributed by atoms with van der Waals surface area (Å²) in [5.74, 6) is 0.927. The summed E-state index contributed by atoms with van der Waals surface area (Å²) < 4.78 is 18.4. The topological polar surface area (TPSA) is 58.2 Å². The highest BCUT2D eigenvalue weighted by Crippen LogP contribution is 2.36. The minimum absolute atomic E-state index is 0.111. The van der Waals surface area contributed by atoms with Gasteiger partial charge < -0.3 is 14.6 Å². The Balaban J connectivity index is 1.97. The molecule has 1 fully saturated rings. The standard InChI is InChI=1S/C17H20FN3O2/c1-11-8-12(18)5-6-13(11)14-4-3-7-21(14)16-9-17(22)20-15(19-16)10-23-2/h5-6,8-9,14H,3-4,7,10H2,1-2H3,(H,19,20,22). The Labute approximate surface area is 134 Å². The monoisotopic (exact) mass is 317 g/mol. The molecule has 1 aliphatic heterocycles. The van der Waals surface area contributed by atoms with Crippen LogP contribution in [0.1, 0.15) is 35.8 Å². The number of methoxy groups -OCH3 is 1. The predicted molar refractivity (Wildman–Crippen MR) is 86.0 cm³/mol. The maximum atomic E-state index is 13.4. The van der Waals surface area contributed by atoms with E-state index in [0.29, 0.717) is 11.6 Å². The zero-order valence-corrected chi connectivity index (χ0v) is 13.3. The number of aryl methyl sites for hydroxylation is 1. The van der Waals surface area contributed by atoms with Crippen molar-refractivity contribution in [3.63, 3.8) is 0 Å². The first-order chi connectivity index (χ1) is 11.1. The molecule has 0 radical (unpaired) electrons. The van der Waals surface area contributed by atoms with Gasteiger partial charge in [-0.1, -0.05) is 6.07 Å². The van der Waals surface area contributed by atoms with E-state index >= 15 is 0 Å². The summed E-state index contributed by atoms with van der Waals surface area (Å²) in [7, 11) is 1.56. The lowest BCUT2D eigenvalue weighted by Gasteiger charge is -2.27. The average Bonchev–Trinajstić information content (AvgIpc) is 2.96. The van der Waals surface area contributed by atoms with Crippen molar-refractivity contribution in [2.75, 3.05) is 18.6 Å². The summed E-state index contributed by atoms with van der Waals surface area (Å²) >= 11 is 0. The third kappa shape index (κ3) is 3.27. The number of rotatable bonds is 4. The SMILES string of the molecule is COCc1nc(N2CCCC2c2ccc(F)cc2C)cc(=O)[nH]1. The second-order valence-corrected chi connectivity index (χ2v) is 5.84. The van der Waals surface area contributed by atoms with Gasteiger partial charge in [-0.3, -0.25) is 4.79 Å². The zero-order valence-electron chi connectivity index (χ0n) is 13.3. The lowest BCUT2D eigenvalue weighted by atomic mass is 9.99. The molecule has 0 bridgehead atoms. The first-order valence-electron chi connectivity index (χ1n) is 7.70. The van der Waals surface area contributed by atoms with Gasteiger partial charge in [0.25, 0.3) is 5.56 Å². The van der Waals surface area contributed by atoms with Crippen LogP contribution in [-0.4, -0.2) is 23.6 Å². The molecule has 0 aliphatic carbocycles. The number of halogens is 1. The van der Waals surface area contributed by atoms with Crippen LogP contribution >= 0.6 is 0 Å². The Morgan fingerprint density at radius 2 is 2.26 bits per heavy atom. The summed E-state index contributed by atoms with van der Waals surface area (Å²) in [5.41, 5.74) is 1.81. The Hall–Kier alpha value is -2.21. The lowest BCUT2D eigenvalue weighted by Crippen LogP contribution is -2.27. The molecule has 1 atom stereocenters. The van der Waals surface area contributed by atoms with Crippen LogP contribution in [0, 0.1) is 12.7 Å². The van der Waals surface area contributed by atoms with Crippen molar-refractivity contribution in [2.45, 2.75) is 32.4 Å². The molecule has 6 heteroatoms. The highest BCUT2D eigenvalue weighted by Gasteiger charge is 2.28. The Kier molecular flexibility index (Phi) is 4.43. The van der Waals surface area contributed by atoms with Gasteiger partial charge in [0, 0.05) is 19.7 Å². The van der Waals surface area contributed by atoms with Crippen LogP contribution in [0.4, 0.5) is 10.2 Å². The molecule has 1 aromatic heterocycles. The third-order valence-corrected chi connectivity index (χ3v) is 4.20. The molecule has 2 aromatic rings. The number of hydrogen-bond acceptors (Lipinski definition) is 4. The van der Waals surface area contributed by atoms with Crippen LogP contribution in [0.3, 0.4) is 0 Å². The van der Waals surface area contributed by atoms with Gasteiger partial charge in [0.2, 0.25) is 0 Å². The van der Waals surface area contributed by atoms with Gasteiger partial charge in [-0.15, -0.1) is 0 Å². The summed E-state index contributed by atoms with van der Waals surface area (Å²) in [6, 6.07) is 6.49. The molecule has 1 unspecified atom stereocenters. The van der Waals surface area contributed by atoms with E-state index in [9.17, 15) is 9.18 Å². The fourth-order valence-electron chi connectivity index (χ4n) is 3.22. The molecule has 5 nitrogen and oxygen atoms in total. The van der Waals surface area contributed by atoms with Crippen molar-refractivity contribution in [1.82, 2.24) is 9.97 Å². The lowest BCUT2D eigenvalue weighted by molar-refractivity contribution is 0.177. The van der Waals surface area contributed by atoms with Crippen LogP contribution in [0.15, 0.2) is 29.1 Å². The van der Waals surface area contributed by atoms with Crippen LogP contribution in [0.2, 0.25) is 0 Å². The number of nitrogens with zero attached hydrogens (tertiary/aromatic N) is 2. The number of ether oxygens (including phenoxy) is 1. The van der Waals surface area contributed by atoms with Crippen LogP contribution in [0.25, 0.3) is 0 Å². The Bertz CT molecular complexity index is 760. The number of nitrogens with one attached hydrogen (secondary N) is 1. The molecule has 3 rings (SSSR count). The van der Waals surface area contributed by atoms with Crippen molar-refractivity contribution in [1.29, 1.82) is 0 Å². The van der Waals surface area contributed by atoms with E-state index in [1.165, 1.54) is 12.1 Å². The quantitative estimate of drug-likeness (QED) is 0.942. The number of benzene rings is 1. The summed E-state index contributed by atoms with van der Waals surface area (Å²) in [6.07, 6.45) is 1.97. The normalized spacial score (nSPS) is 17.7. The maximum absolute atomic E-state index is 13.4. The summed E-state index contributed by atoms with van der Waals surface area (Å²) in [5, 5.41) is 0. The van der Waals surface area contributed by atoms with Gasteiger partial charge in [0.1, 0.15) is 24.1 Å². The van der Waals surface area contributed by atoms with E-state index in [4.69, 9.17) is 4.74 Å². The number of aromatic amines is 1. The molecule has 23 heavy (non-hydrogen) atoms. The fraction of sp³-hybridized carbons (Fsp3) is 0.412.